The summed E-state index contributed by atoms with van der Waals surface area (Å²) in [4.78, 5) is 23.4. The predicted octanol–water partition coefficient (Wildman–Crippen LogP) is 2.87. The summed E-state index contributed by atoms with van der Waals surface area (Å²) >= 11 is 6.50. The molecule has 0 aromatic heterocycles. The molecule has 3 N–H and O–H groups in total. The van der Waals surface area contributed by atoms with E-state index >= 15 is 0 Å². The Hall–Kier alpha value is -2.39. The first-order chi connectivity index (χ1) is 12.8. The van der Waals surface area contributed by atoms with Crippen LogP contribution in [0.4, 0.5) is 0 Å². The summed E-state index contributed by atoms with van der Waals surface area (Å²) in [5.41, 5.74) is 3.70. The molecule has 0 unspecified atom stereocenters. The second-order valence-electron chi connectivity index (χ2n) is 5.50. The van der Waals surface area contributed by atoms with Crippen molar-refractivity contribution in [3.63, 3.8) is 0 Å². The normalized spacial score (nSPS) is 10.6. The van der Waals surface area contributed by atoms with E-state index < -0.39 is 11.8 Å². The minimum Gasteiger partial charge on any atom is -0.506 e. The number of nitrogens with zero attached hydrogens (tertiary/aromatic N) is 1. The van der Waals surface area contributed by atoms with Gasteiger partial charge in [-0.25, -0.2) is 5.43 Å². The standard InChI is InChI=1S/C18H17Br2N3O4/c1-11-3-2-4-14(5-11)27-10-17(25)21-9-16(24)23-22-8-12-6-13(19)7-15(20)18(12)26/h2-8,26H,9-10H2,1H3,(H,21,25)(H,23,24)/b22-8+. The van der Waals surface area contributed by atoms with Gasteiger partial charge >= 0.3 is 0 Å². The summed E-state index contributed by atoms with van der Waals surface area (Å²) in [7, 11) is 0. The van der Waals surface area contributed by atoms with Gasteiger partial charge in [-0.1, -0.05) is 28.1 Å². The molecule has 9 heteroatoms. The number of ether oxygens (including phenoxy) is 1. The van der Waals surface area contributed by atoms with Crippen LogP contribution in [0.5, 0.6) is 11.5 Å². The van der Waals surface area contributed by atoms with Crippen molar-refractivity contribution in [3.05, 3.63) is 56.5 Å². The maximum atomic E-state index is 11.7. The number of hydrazone groups is 1. The van der Waals surface area contributed by atoms with Crippen molar-refractivity contribution in [2.24, 2.45) is 5.10 Å². The molecule has 27 heavy (non-hydrogen) atoms. The molecule has 0 spiro atoms. The van der Waals surface area contributed by atoms with Crippen LogP contribution in [0.2, 0.25) is 0 Å². The van der Waals surface area contributed by atoms with Crippen LogP contribution in [0.25, 0.3) is 0 Å². The highest BCUT2D eigenvalue weighted by Crippen LogP contribution is 2.30. The largest absolute Gasteiger partial charge is 0.506 e. The van der Waals surface area contributed by atoms with Gasteiger partial charge in [-0.2, -0.15) is 5.10 Å². The Labute approximate surface area is 173 Å². The van der Waals surface area contributed by atoms with Gasteiger partial charge in [0.15, 0.2) is 6.61 Å². The van der Waals surface area contributed by atoms with E-state index in [4.69, 9.17) is 4.74 Å². The number of phenols is 1. The third-order valence-corrected chi connectivity index (χ3v) is 4.32. The van der Waals surface area contributed by atoms with Crippen LogP contribution in [-0.4, -0.2) is 36.3 Å². The van der Waals surface area contributed by atoms with Crippen LogP contribution in [0, 0.1) is 6.92 Å². The van der Waals surface area contributed by atoms with Crippen molar-refractivity contribution < 1.29 is 19.4 Å². The lowest BCUT2D eigenvalue weighted by atomic mass is 10.2. The lowest BCUT2D eigenvalue weighted by Crippen LogP contribution is -2.37. The van der Waals surface area contributed by atoms with Crippen molar-refractivity contribution in [3.8, 4) is 11.5 Å². The van der Waals surface area contributed by atoms with Gasteiger partial charge in [0.1, 0.15) is 11.5 Å². The van der Waals surface area contributed by atoms with Gasteiger partial charge in [0, 0.05) is 10.0 Å². The van der Waals surface area contributed by atoms with Crippen molar-refractivity contribution in [2.75, 3.05) is 13.2 Å². The number of aryl methyl sites for hydroxylation is 1. The zero-order valence-electron chi connectivity index (χ0n) is 14.3. The number of amides is 2. The number of hydrogen-bond donors (Lipinski definition) is 3. The highest BCUT2D eigenvalue weighted by Gasteiger charge is 2.07. The van der Waals surface area contributed by atoms with Crippen molar-refractivity contribution in [2.45, 2.75) is 6.92 Å². The smallest absolute Gasteiger partial charge is 0.259 e. The van der Waals surface area contributed by atoms with E-state index in [2.05, 4.69) is 47.7 Å². The van der Waals surface area contributed by atoms with Gasteiger partial charge in [-0.05, 0) is 52.7 Å². The fourth-order valence-corrected chi connectivity index (χ4v) is 3.24. The second-order valence-corrected chi connectivity index (χ2v) is 7.27. The Morgan fingerprint density at radius 2 is 2.00 bits per heavy atom. The molecular formula is C18H17Br2N3O4. The minimum atomic E-state index is -0.510. The van der Waals surface area contributed by atoms with E-state index in [0.29, 0.717) is 15.8 Å². The van der Waals surface area contributed by atoms with Gasteiger partial charge < -0.3 is 15.2 Å². The Bertz CT molecular complexity index is 872. The summed E-state index contributed by atoms with van der Waals surface area (Å²) in [6.45, 7) is 1.48. The molecule has 2 aromatic carbocycles. The van der Waals surface area contributed by atoms with E-state index in [0.717, 1.165) is 10.0 Å². The number of benzene rings is 2. The number of aromatic hydroxyl groups is 1. The highest BCUT2D eigenvalue weighted by molar-refractivity contribution is 9.11. The number of nitrogens with one attached hydrogen (secondary N) is 2. The molecule has 0 fully saturated rings. The number of phenolic OH excluding ortho intramolecular Hbond substituents is 1. The average Bonchev–Trinajstić information content (AvgIpc) is 2.62. The Morgan fingerprint density at radius 1 is 1.22 bits per heavy atom. The van der Waals surface area contributed by atoms with Crippen LogP contribution >= 0.6 is 31.9 Å². The molecule has 0 bridgehead atoms. The maximum absolute atomic E-state index is 11.7. The van der Waals surface area contributed by atoms with Gasteiger partial charge in [0.05, 0.1) is 17.2 Å². The topological polar surface area (TPSA) is 100 Å². The Balaban J connectivity index is 1.75. The van der Waals surface area contributed by atoms with E-state index in [1.807, 2.05) is 25.1 Å². The van der Waals surface area contributed by atoms with E-state index in [9.17, 15) is 14.7 Å². The molecule has 0 atom stereocenters. The van der Waals surface area contributed by atoms with E-state index in [1.165, 1.54) is 6.21 Å². The van der Waals surface area contributed by atoms with Gasteiger partial charge in [0.25, 0.3) is 11.8 Å². The summed E-state index contributed by atoms with van der Waals surface area (Å²) in [5.74, 6) is -0.357. The first kappa shape index (κ1) is 20.9. The Kier molecular flexibility index (Phi) is 7.81. The first-order valence-electron chi connectivity index (χ1n) is 7.81. The number of halogens is 2. The van der Waals surface area contributed by atoms with Gasteiger partial charge in [-0.15, -0.1) is 0 Å². The predicted molar refractivity (Wildman–Crippen MR) is 109 cm³/mol. The third kappa shape index (κ3) is 7.03. The van der Waals surface area contributed by atoms with Gasteiger partial charge in [-0.3, -0.25) is 9.59 Å². The summed E-state index contributed by atoms with van der Waals surface area (Å²) in [6, 6.07) is 10.6. The molecule has 0 radical (unpaired) electrons. The van der Waals surface area contributed by atoms with Crippen molar-refractivity contribution in [1.29, 1.82) is 0 Å². The van der Waals surface area contributed by atoms with Crippen LogP contribution in [-0.2, 0) is 9.59 Å². The zero-order chi connectivity index (χ0) is 19.8. The first-order valence-corrected chi connectivity index (χ1v) is 9.40. The number of rotatable bonds is 7. The molecule has 7 nitrogen and oxygen atoms in total. The number of carbonyl (C=O) groups is 2. The number of carbonyl (C=O) groups excluding carboxylic acids is 2. The molecule has 0 aliphatic rings. The van der Waals surface area contributed by atoms with Crippen molar-refractivity contribution >= 4 is 49.9 Å². The second kappa shape index (κ2) is 10.1. The molecule has 2 rings (SSSR count). The molecule has 0 heterocycles. The molecule has 0 saturated carbocycles. The summed E-state index contributed by atoms with van der Waals surface area (Å²) in [6.07, 6.45) is 1.30. The van der Waals surface area contributed by atoms with E-state index in [-0.39, 0.29) is 18.9 Å². The quantitative estimate of drug-likeness (QED) is 0.403. The molecule has 0 aliphatic heterocycles. The monoisotopic (exact) mass is 497 g/mol. The van der Waals surface area contributed by atoms with Gasteiger partial charge in [0.2, 0.25) is 0 Å². The molecule has 0 aliphatic carbocycles. The van der Waals surface area contributed by atoms with Crippen molar-refractivity contribution in [1.82, 2.24) is 10.7 Å². The zero-order valence-corrected chi connectivity index (χ0v) is 17.5. The average molecular weight is 499 g/mol. The maximum Gasteiger partial charge on any atom is 0.259 e. The minimum absolute atomic E-state index is 0.00204. The van der Waals surface area contributed by atoms with Crippen LogP contribution in [0.15, 0.2) is 50.4 Å². The van der Waals surface area contributed by atoms with E-state index in [1.54, 1.807) is 18.2 Å². The lowest BCUT2D eigenvalue weighted by molar-refractivity contribution is -0.127. The third-order valence-electron chi connectivity index (χ3n) is 3.26. The SMILES string of the molecule is Cc1cccc(OCC(=O)NCC(=O)N/N=C/c2cc(Br)cc(Br)c2O)c1. The highest BCUT2D eigenvalue weighted by atomic mass is 79.9. The molecule has 142 valence electrons. The molecule has 0 saturated heterocycles. The Morgan fingerprint density at radius 3 is 2.74 bits per heavy atom. The summed E-state index contributed by atoms with van der Waals surface area (Å²) in [5, 5.41) is 16.1. The fraction of sp³-hybridized carbons (Fsp3) is 0.167. The van der Waals surface area contributed by atoms with Crippen LogP contribution < -0.4 is 15.5 Å². The van der Waals surface area contributed by atoms with Crippen LogP contribution in [0.1, 0.15) is 11.1 Å². The lowest BCUT2D eigenvalue weighted by Gasteiger charge is -2.07. The fourth-order valence-electron chi connectivity index (χ4n) is 1.98. The van der Waals surface area contributed by atoms with Crippen LogP contribution in [0.3, 0.4) is 0 Å². The summed E-state index contributed by atoms with van der Waals surface area (Å²) < 4.78 is 6.57. The molecule has 2 amide bonds. The molecular weight excluding hydrogens is 482 g/mol. The molecule has 2 aromatic rings. The number of hydrogen-bond acceptors (Lipinski definition) is 5.